The summed E-state index contributed by atoms with van der Waals surface area (Å²) in [6.07, 6.45) is 2.11. The average Bonchev–Trinajstić information content (AvgIpc) is 3.43. The zero-order valence-corrected chi connectivity index (χ0v) is 15.5. The molecule has 2 aromatic rings. The Kier molecular flexibility index (Phi) is 6.77. The highest BCUT2D eigenvalue weighted by atomic mass is 35.5. The molecule has 1 aliphatic rings. The highest BCUT2D eigenvalue weighted by Crippen LogP contribution is 2.31. The minimum atomic E-state index is -0.348. The molecular formula is C20H24ClN3O2. The molecule has 6 heteroatoms. The van der Waals surface area contributed by atoms with Crippen LogP contribution >= 0.6 is 12.4 Å². The zero-order chi connectivity index (χ0) is 17.8. The van der Waals surface area contributed by atoms with E-state index in [-0.39, 0.29) is 42.6 Å². The van der Waals surface area contributed by atoms with Gasteiger partial charge >= 0.3 is 0 Å². The maximum atomic E-state index is 12.3. The third-order valence-corrected chi connectivity index (χ3v) is 4.36. The molecule has 5 nitrogen and oxygen atoms in total. The smallest absolute Gasteiger partial charge is 0.227 e. The first-order chi connectivity index (χ1) is 12.0. The molecule has 0 spiro atoms. The topological polar surface area (TPSA) is 84.2 Å². The van der Waals surface area contributed by atoms with Gasteiger partial charge in [0.15, 0.2) is 0 Å². The van der Waals surface area contributed by atoms with E-state index >= 15 is 0 Å². The van der Waals surface area contributed by atoms with Crippen molar-refractivity contribution in [3.8, 4) is 0 Å². The number of halogens is 1. The standard InChI is InChI=1S/C20H23N3O2.ClH/c1-13-7-10-16(22-20(25)15-8-9-15)11-18(13)23-19(24)12-17(21)14-5-3-2-4-6-14;/h2-7,10-11,15,17H,8-9,12,21H2,1H3,(H,22,25)(H,23,24);1H. The quantitative estimate of drug-likeness (QED) is 0.720. The van der Waals surface area contributed by atoms with Gasteiger partial charge in [0.1, 0.15) is 0 Å². The fraction of sp³-hybridized carbons (Fsp3) is 0.300. The lowest BCUT2D eigenvalue weighted by atomic mass is 10.0. The normalized spacial score (nSPS) is 14.1. The van der Waals surface area contributed by atoms with Crippen molar-refractivity contribution in [1.29, 1.82) is 0 Å². The Labute approximate surface area is 159 Å². The molecule has 26 heavy (non-hydrogen) atoms. The predicted molar refractivity (Wildman–Crippen MR) is 106 cm³/mol. The van der Waals surface area contributed by atoms with Crippen LogP contribution in [0.2, 0.25) is 0 Å². The number of anilines is 2. The highest BCUT2D eigenvalue weighted by molar-refractivity contribution is 5.96. The Morgan fingerprint density at radius 2 is 1.81 bits per heavy atom. The molecule has 1 fully saturated rings. The summed E-state index contributed by atoms with van der Waals surface area (Å²) in [6.45, 7) is 1.92. The fourth-order valence-corrected chi connectivity index (χ4v) is 2.64. The third-order valence-electron chi connectivity index (χ3n) is 4.36. The van der Waals surface area contributed by atoms with Crippen LogP contribution in [0.3, 0.4) is 0 Å². The second-order valence-corrected chi connectivity index (χ2v) is 6.56. The minimum Gasteiger partial charge on any atom is -0.326 e. The van der Waals surface area contributed by atoms with Crippen LogP contribution in [-0.2, 0) is 9.59 Å². The summed E-state index contributed by atoms with van der Waals surface area (Å²) in [6, 6.07) is 14.7. The van der Waals surface area contributed by atoms with Crippen LogP contribution in [0.1, 0.15) is 36.4 Å². The molecular weight excluding hydrogens is 350 g/mol. The molecule has 2 aromatic carbocycles. The van der Waals surface area contributed by atoms with Crippen molar-refractivity contribution in [1.82, 2.24) is 0 Å². The predicted octanol–water partition coefficient (Wildman–Crippen LogP) is 3.79. The molecule has 0 aromatic heterocycles. The molecule has 1 aliphatic carbocycles. The number of rotatable bonds is 6. The number of carbonyl (C=O) groups is 2. The van der Waals surface area contributed by atoms with Crippen molar-refractivity contribution in [2.75, 3.05) is 10.6 Å². The number of benzene rings is 2. The first kappa shape index (κ1) is 19.9. The molecule has 0 radical (unpaired) electrons. The van der Waals surface area contributed by atoms with Crippen molar-refractivity contribution in [3.05, 3.63) is 59.7 Å². The van der Waals surface area contributed by atoms with Crippen molar-refractivity contribution in [2.45, 2.75) is 32.2 Å². The molecule has 0 heterocycles. The van der Waals surface area contributed by atoms with Gasteiger partial charge in [-0.2, -0.15) is 0 Å². The van der Waals surface area contributed by atoms with Crippen molar-refractivity contribution in [2.24, 2.45) is 11.7 Å². The second kappa shape index (κ2) is 8.83. The molecule has 0 aliphatic heterocycles. The van der Waals surface area contributed by atoms with Gasteiger partial charge in [0.2, 0.25) is 11.8 Å². The molecule has 138 valence electrons. The zero-order valence-electron chi connectivity index (χ0n) is 14.7. The van der Waals surface area contributed by atoms with Crippen LogP contribution < -0.4 is 16.4 Å². The number of hydrogen-bond acceptors (Lipinski definition) is 3. The molecule has 0 saturated heterocycles. The van der Waals surface area contributed by atoms with Crippen LogP contribution in [-0.4, -0.2) is 11.8 Å². The lowest BCUT2D eigenvalue weighted by Gasteiger charge is -2.14. The molecule has 1 atom stereocenters. The van der Waals surface area contributed by atoms with Gasteiger partial charge in [-0.15, -0.1) is 12.4 Å². The summed E-state index contributed by atoms with van der Waals surface area (Å²) in [7, 11) is 0. The number of carbonyl (C=O) groups excluding carboxylic acids is 2. The molecule has 0 bridgehead atoms. The monoisotopic (exact) mass is 373 g/mol. The van der Waals surface area contributed by atoms with Gasteiger partial charge in [-0.3, -0.25) is 9.59 Å². The largest absolute Gasteiger partial charge is 0.326 e. The van der Waals surface area contributed by atoms with E-state index in [4.69, 9.17) is 5.73 Å². The summed E-state index contributed by atoms with van der Waals surface area (Å²) in [5.74, 6) is 0.0422. The van der Waals surface area contributed by atoms with E-state index in [1.807, 2.05) is 49.4 Å². The maximum Gasteiger partial charge on any atom is 0.227 e. The van der Waals surface area contributed by atoms with E-state index < -0.39 is 0 Å². The van der Waals surface area contributed by atoms with Crippen LogP contribution in [0.25, 0.3) is 0 Å². The SMILES string of the molecule is Cc1ccc(NC(=O)C2CC2)cc1NC(=O)CC(N)c1ccccc1.Cl. The number of hydrogen-bond donors (Lipinski definition) is 3. The highest BCUT2D eigenvalue weighted by Gasteiger charge is 2.29. The lowest BCUT2D eigenvalue weighted by Crippen LogP contribution is -2.21. The van der Waals surface area contributed by atoms with Crippen LogP contribution in [0.4, 0.5) is 11.4 Å². The van der Waals surface area contributed by atoms with Crippen LogP contribution in [0.5, 0.6) is 0 Å². The first-order valence-electron chi connectivity index (χ1n) is 8.55. The van der Waals surface area contributed by atoms with Gasteiger partial charge in [0.25, 0.3) is 0 Å². The summed E-state index contributed by atoms with van der Waals surface area (Å²) in [4.78, 5) is 24.2. The first-order valence-corrected chi connectivity index (χ1v) is 8.55. The third kappa shape index (κ3) is 5.31. The van der Waals surface area contributed by atoms with Gasteiger partial charge in [-0.25, -0.2) is 0 Å². The summed E-state index contributed by atoms with van der Waals surface area (Å²) < 4.78 is 0. The van der Waals surface area contributed by atoms with Gasteiger partial charge in [-0.1, -0.05) is 36.4 Å². The molecule has 3 rings (SSSR count). The minimum absolute atomic E-state index is 0. The molecule has 4 N–H and O–H groups in total. The fourth-order valence-electron chi connectivity index (χ4n) is 2.64. The Hall–Kier alpha value is -2.37. The average molecular weight is 374 g/mol. The number of nitrogens with one attached hydrogen (secondary N) is 2. The van der Waals surface area contributed by atoms with E-state index in [0.717, 1.165) is 24.0 Å². The van der Waals surface area contributed by atoms with Gasteiger partial charge < -0.3 is 16.4 Å². The van der Waals surface area contributed by atoms with Crippen LogP contribution in [0, 0.1) is 12.8 Å². The number of amides is 2. The maximum absolute atomic E-state index is 12.3. The summed E-state index contributed by atoms with van der Waals surface area (Å²) >= 11 is 0. The van der Waals surface area contributed by atoms with Crippen molar-refractivity contribution in [3.63, 3.8) is 0 Å². The lowest BCUT2D eigenvalue weighted by molar-refractivity contribution is -0.117. The van der Waals surface area contributed by atoms with E-state index in [9.17, 15) is 9.59 Å². The second-order valence-electron chi connectivity index (χ2n) is 6.56. The Bertz CT molecular complexity index is 776. The van der Waals surface area contributed by atoms with Gasteiger partial charge in [0.05, 0.1) is 0 Å². The number of nitrogens with two attached hydrogens (primary N) is 1. The molecule has 2 amide bonds. The van der Waals surface area contributed by atoms with Crippen molar-refractivity contribution >= 4 is 35.6 Å². The van der Waals surface area contributed by atoms with Crippen molar-refractivity contribution < 1.29 is 9.59 Å². The Morgan fingerprint density at radius 1 is 1.12 bits per heavy atom. The van der Waals surface area contributed by atoms with Gasteiger partial charge in [-0.05, 0) is 43.0 Å². The van der Waals surface area contributed by atoms with Gasteiger partial charge in [0, 0.05) is 29.8 Å². The van der Waals surface area contributed by atoms with E-state index in [2.05, 4.69) is 10.6 Å². The van der Waals surface area contributed by atoms with E-state index in [0.29, 0.717) is 11.4 Å². The summed E-state index contributed by atoms with van der Waals surface area (Å²) in [5, 5.41) is 5.80. The molecule has 1 saturated carbocycles. The van der Waals surface area contributed by atoms with E-state index in [1.54, 1.807) is 6.07 Å². The number of aryl methyl sites for hydroxylation is 1. The molecule has 1 unspecified atom stereocenters. The van der Waals surface area contributed by atoms with E-state index in [1.165, 1.54) is 0 Å². The van der Waals surface area contributed by atoms with Crippen LogP contribution in [0.15, 0.2) is 48.5 Å². The summed E-state index contributed by atoms with van der Waals surface area (Å²) in [5.41, 5.74) is 9.36. The Balaban J connectivity index is 0.00000243. The Morgan fingerprint density at radius 3 is 2.46 bits per heavy atom.